The number of hydrogen-bond acceptors (Lipinski definition) is 8. The number of rotatable bonds is 4. The molecule has 0 aliphatic carbocycles. The van der Waals surface area contributed by atoms with Crippen molar-refractivity contribution in [3.8, 4) is 17.2 Å². The van der Waals surface area contributed by atoms with Gasteiger partial charge in [-0.15, -0.1) is 5.10 Å². The van der Waals surface area contributed by atoms with Crippen LogP contribution in [0.2, 0.25) is 0 Å². The third kappa shape index (κ3) is 5.02. The van der Waals surface area contributed by atoms with Crippen molar-refractivity contribution in [3.63, 3.8) is 0 Å². The third-order valence-corrected chi connectivity index (χ3v) is 5.62. The van der Waals surface area contributed by atoms with Gasteiger partial charge >= 0.3 is 18.0 Å². The molecular formula is C21H24N4O6. The normalized spacial score (nSPS) is 21.7. The van der Waals surface area contributed by atoms with Crippen LogP contribution in [-0.4, -0.2) is 76.1 Å². The van der Waals surface area contributed by atoms with Crippen molar-refractivity contribution in [3.05, 3.63) is 35.9 Å². The highest BCUT2D eigenvalue weighted by atomic mass is 16.5. The standard InChI is InChI=1S/C17H20N4O2.C4H4O4/c1-2-15-12(5-10-22-15)11-13(1)16-18-19-17(23-16)21-9-8-20-6-3-14(21)4-7-20;5-3(6)1-2-4(7)8/h1-2,11,14H,3-10H2;1-2H,(H,5,6)(H,7,8)/b;2-1+. The van der Waals surface area contributed by atoms with Crippen LogP contribution in [0.25, 0.3) is 11.5 Å². The van der Waals surface area contributed by atoms with E-state index in [1.54, 1.807) is 0 Å². The molecule has 1 aromatic heterocycles. The van der Waals surface area contributed by atoms with E-state index in [1.807, 2.05) is 12.1 Å². The van der Waals surface area contributed by atoms with Crippen molar-refractivity contribution in [1.82, 2.24) is 15.1 Å². The van der Waals surface area contributed by atoms with Crippen LogP contribution in [0.1, 0.15) is 18.4 Å². The van der Waals surface area contributed by atoms with Crippen molar-refractivity contribution in [1.29, 1.82) is 0 Å². The molecule has 2 bridgehead atoms. The summed E-state index contributed by atoms with van der Waals surface area (Å²) in [6, 6.07) is 7.32. The van der Waals surface area contributed by atoms with E-state index in [0.717, 1.165) is 37.4 Å². The van der Waals surface area contributed by atoms with Crippen LogP contribution < -0.4 is 9.64 Å². The van der Waals surface area contributed by atoms with E-state index in [4.69, 9.17) is 19.4 Å². The predicted molar refractivity (Wildman–Crippen MR) is 110 cm³/mol. The van der Waals surface area contributed by atoms with Gasteiger partial charge in [0.15, 0.2) is 0 Å². The van der Waals surface area contributed by atoms with Crippen molar-refractivity contribution < 1.29 is 29.0 Å². The molecule has 3 saturated heterocycles. The number of carboxylic acid groups (broad SMARTS) is 2. The average molecular weight is 428 g/mol. The van der Waals surface area contributed by atoms with Gasteiger partial charge in [0.1, 0.15) is 5.75 Å². The van der Waals surface area contributed by atoms with E-state index in [-0.39, 0.29) is 0 Å². The molecule has 0 saturated carbocycles. The highest BCUT2D eigenvalue weighted by Gasteiger charge is 2.32. The number of aromatic nitrogens is 2. The van der Waals surface area contributed by atoms with Gasteiger partial charge in [-0.25, -0.2) is 9.59 Å². The zero-order valence-corrected chi connectivity index (χ0v) is 16.9. The van der Waals surface area contributed by atoms with E-state index in [2.05, 4.69) is 26.1 Å². The summed E-state index contributed by atoms with van der Waals surface area (Å²) >= 11 is 0. The van der Waals surface area contributed by atoms with Gasteiger partial charge in [0.25, 0.3) is 0 Å². The Hall–Kier alpha value is -3.40. The first-order chi connectivity index (χ1) is 15.0. The number of piperidine rings is 1. The molecule has 10 nitrogen and oxygen atoms in total. The monoisotopic (exact) mass is 428 g/mol. The van der Waals surface area contributed by atoms with Gasteiger partial charge in [0, 0.05) is 56.4 Å². The number of ether oxygens (including phenoxy) is 1. The van der Waals surface area contributed by atoms with E-state index in [9.17, 15) is 9.59 Å². The number of anilines is 1. The lowest BCUT2D eigenvalue weighted by atomic mass is 10.1. The fourth-order valence-electron chi connectivity index (χ4n) is 4.05. The largest absolute Gasteiger partial charge is 0.493 e. The van der Waals surface area contributed by atoms with E-state index < -0.39 is 11.9 Å². The van der Waals surface area contributed by atoms with Crippen LogP contribution in [0.5, 0.6) is 5.75 Å². The molecule has 4 aliphatic rings. The van der Waals surface area contributed by atoms with Crippen LogP contribution in [-0.2, 0) is 16.0 Å². The second-order valence-electron chi connectivity index (χ2n) is 7.59. The predicted octanol–water partition coefficient (Wildman–Crippen LogP) is 1.67. The Morgan fingerprint density at radius 2 is 1.77 bits per heavy atom. The number of fused-ring (bicyclic) bond motifs is 5. The molecule has 0 atom stereocenters. The molecule has 0 unspecified atom stereocenters. The Bertz CT molecular complexity index is 964. The summed E-state index contributed by atoms with van der Waals surface area (Å²) in [4.78, 5) is 23.9. The first-order valence-corrected chi connectivity index (χ1v) is 10.2. The van der Waals surface area contributed by atoms with Crippen molar-refractivity contribution in [2.24, 2.45) is 0 Å². The number of benzene rings is 1. The fourth-order valence-corrected chi connectivity index (χ4v) is 4.05. The maximum atomic E-state index is 9.55. The topological polar surface area (TPSA) is 129 Å². The van der Waals surface area contributed by atoms with Crippen LogP contribution in [0.3, 0.4) is 0 Å². The molecule has 0 spiro atoms. The maximum absolute atomic E-state index is 9.55. The second-order valence-corrected chi connectivity index (χ2v) is 7.59. The van der Waals surface area contributed by atoms with E-state index in [1.165, 1.54) is 31.5 Å². The zero-order valence-electron chi connectivity index (χ0n) is 16.9. The lowest BCUT2D eigenvalue weighted by molar-refractivity contribution is -0.134. The van der Waals surface area contributed by atoms with Crippen molar-refractivity contribution in [2.75, 3.05) is 37.7 Å². The highest BCUT2D eigenvalue weighted by Crippen LogP contribution is 2.32. The lowest BCUT2D eigenvalue weighted by Crippen LogP contribution is -2.38. The first kappa shape index (κ1) is 20.9. The van der Waals surface area contributed by atoms with E-state index >= 15 is 0 Å². The number of carboxylic acids is 2. The van der Waals surface area contributed by atoms with Gasteiger partial charge in [-0.1, -0.05) is 5.10 Å². The summed E-state index contributed by atoms with van der Waals surface area (Å²) in [7, 11) is 0. The molecule has 0 amide bonds. The van der Waals surface area contributed by atoms with Gasteiger partial charge in [0.05, 0.1) is 6.61 Å². The number of carbonyl (C=O) groups is 2. The number of hydrogen-bond donors (Lipinski definition) is 2. The minimum Gasteiger partial charge on any atom is -0.493 e. The van der Waals surface area contributed by atoms with Crippen LogP contribution >= 0.6 is 0 Å². The van der Waals surface area contributed by atoms with Gasteiger partial charge < -0.3 is 29.2 Å². The maximum Gasteiger partial charge on any atom is 0.328 e. The molecule has 10 heteroatoms. The fraction of sp³-hybridized carbons (Fsp3) is 0.429. The van der Waals surface area contributed by atoms with Crippen LogP contribution in [0.4, 0.5) is 6.01 Å². The number of nitrogens with zero attached hydrogens (tertiary/aromatic N) is 4. The van der Waals surface area contributed by atoms with Gasteiger partial charge in [-0.05, 0) is 36.6 Å². The van der Waals surface area contributed by atoms with Gasteiger partial charge in [0.2, 0.25) is 5.89 Å². The van der Waals surface area contributed by atoms with Gasteiger partial charge in [-0.2, -0.15) is 0 Å². The summed E-state index contributed by atoms with van der Waals surface area (Å²) in [6.45, 7) is 5.20. The van der Waals surface area contributed by atoms with Gasteiger partial charge in [-0.3, -0.25) is 0 Å². The molecule has 6 rings (SSSR count). The summed E-state index contributed by atoms with van der Waals surface area (Å²) in [5.74, 6) is -0.930. The van der Waals surface area contributed by atoms with E-state index in [0.29, 0.717) is 30.1 Å². The highest BCUT2D eigenvalue weighted by molar-refractivity contribution is 5.89. The molecule has 0 radical (unpaired) electrons. The molecule has 2 aromatic rings. The summed E-state index contributed by atoms with van der Waals surface area (Å²) in [5, 5.41) is 24.2. The minimum atomic E-state index is -1.26. The van der Waals surface area contributed by atoms with Crippen LogP contribution in [0.15, 0.2) is 34.8 Å². The summed E-state index contributed by atoms with van der Waals surface area (Å²) in [6.07, 6.45) is 4.45. The zero-order chi connectivity index (χ0) is 21.8. The Balaban J connectivity index is 0.000000250. The summed E-state index contributed by atoms with van der Waals surface area (Å²) < 4.78 is 11.6. The molecule has 2 N–H and O–H groups in total. The van der Waals surface area contributed by atoms with Crippen molar-refractivity contribution in [2.45, 2.75) is 25.3 Å². The number of aliphatic carboxylic acids is 2. The average Bonchev–Trinajstić information content (AvgIpc) is 3.34. The molecule has 1 aromatic carbocycles. The molecule has 31 heavy (non-hydrogen) atoms. The summed E-state index contributed by atoms with van der Waals surface area (Å²) in [5.41, 5.74) is 2.21. The Morgan fingerprint density at radius 3 is 2.48 bits per heavy atom. The van der Waals surface area contributed by atoms with Crippen LogP contribution in [0, 0.1) is 0 Å². The molecule has 3 fully saturated rings. The van der Waals surface area contributed by atoms with Crippen molar-refractivity contribution >= 4 is 18.0 Å². The molecule has 4 aliphatic heterocycles. The quantitative estimate of drug-likeness (QED) is 0.694. The minimum absolute atomic E-state index is 0.537. The molecular weight excluding hydrogens is 404 g/mol. The Morgan fingerprint density at radius 1 is 1.03 bits per heavy atom. The first-order valence-electron chi connectivity index (χ1n) is 10.2. The third-order valence-electron chi connectivity index (χ3n) is 5.62. The second kappa shape index (κ2) is 9.17. The SMILES string of the molecule is O=C(O)/C=C/C(=O)O.c1cc2c(cc1-c1nnc(N3CCN4CCC3CC4)o1)CCO2. The Labute approximate surface area is 178 Å². The lowest BCUT2D eigenvalue weighted by Gasteiger charge is -2.29. The molecule has 164 valence electrons. The molecule has 5 heterocycles. The Kier molecular flexibility index (Phi) is 6.17. The smallest absolute Gasteiger partial charge is 0.328 e.